The number of unbranched alkanes of at least 4 members (excludes halogenated alkanes) is 5. The van der Waals surface area contributed by atoms with Crippen molar-refractivity contribution in [2.45, 2.75) is 84.0 Å². The predicted octanol–water partition coefficient (Wildman–Crippen LogP) is 3.45. The van der Waals surface area contributed by atoms with Gasteiger partial charge < -0.3 is 18.9 Å². The van der Waals surface area contributed by atoms with E-state index in [1.165, 1.54) is 39.0 Å². The lowest BCUT2D eigenvalue weighted by Crippen LogP contribution is -2.36. The highest BCUT2D eigenvalue weighted by atomic mass is 16.7. The van der Waals surface area contributed by atoms with Gasteiger partial charge in [-0.3, -0.25) is 4.79 Å². The zero-order valence-electron chi connectivity index (χ0n) is 14.3. The average Bonchev–Trinajstić information content (AvgIpc) is 2.87. The van der Waals surface area contributed by atoms with Crippen LogP contribution in [0.3, 0.4) is 0 Å². The van der Waals surface area contributed by atoms with Crippen molar-refractivity contribution in [3.63, 3.8) is 0 Å². The zero-order valence-corrected chi connectivity index (χ0v) is 14.3. The highest BCUT2D eigenvalue weighted by Gasteiger charge is 2.39. The lowest BCUT2D eigenvalue weighted by Gasteiger charge is -2.21. The summed E-state index contributed by atoms with van der Waals surface area (Å²) in [6.45, 7) is 7.05. The Morgan fingerprint density at radius 2 is 1.86 bits per heavy atom. The zero-order chi connectivity index (χ0) is 16.2. The molecular formula is C17H32O5. The van der Waals surface area contributed by atoms with Gasteiger partial charge in [0.25, 0.3) is 0 Å². The van der Waals surface area contributed by atoms with Gasteiger partial charge in [-0.2, -0.15) is 0 Å². The number of ether oxygens (including phenoxy) is 4. The van der Waals surface area contributed by atoms with Gasteiger partial charge in [0.2, 0.25) is 0 Å². The molecule has 5 heteroatoms. The first-order valence-corrected chi connectivity index (χ1v) is 8.67. The van der Waals surface area contributed by atoms with E-state index in [9.17, 15) is 4.79 Å². The molecule has 0 aromatic carbocycles. The van der Waals surface area contributed by atoms with Crippen molar-refractivity contribution in [3.05, 3.63) is 0 Å². The quantitative estimate of drug-likeness (QED) is 0.313. The highest BCUT2D eigenvalue weighted by molar-refractivity contribution is 5.66. The van der Waals surface area contributed by atoms with E-state index in [-0.39, 0.29) is 31.1 Å². The van der Waals surface area contributed by atoms with E-state index in [4.69, 9.17) is 18.9 Å². The van der Waals surface area contributed by atoms with Crippen molar-refractivity contribution in [1.29, 1.82) is 0 Å². The second-order valence-corrected chi connectivity index (χ2v) is 5.85. The molecule has 3 atom stereocenters. The molecule has 1 aliphatic heterocycles. The summed E-state index contributed by atoms with van der Waals surface area (Å²) in [6.07, 6.45) is 7.65. The van der Waals surface area contributed by atoms with Crippen molar-refractivity contribution in [2.24, 2.45) is 0 Å². The molecule has 1 rings (SSSR count). The molecule has 130 valence electrons. The molecule has 1 heterocycles. The second kappa shape index (κ2) is 11.9. The van der Waals surface area contributed by atoms with Crippen molar-refractivity contribution < 1.29 is 23.7 Å². The van der Waals surface area contributed by atoms with Gasteiger partial charge in [-0.05, 0) is 12.8 Å². The maximum Gasteiger partial charge on any atom is 0.303 e. The van der Waals surface area contributed by atoms with Crippen LogP contribution < -0.4 is 0 Å². The summed E-state index contributed by atoms with van der Waals surface area (Å²) in [4.78, 5) is 11.2. The standard InChI is InChI=1S/C17H32O5/c1-4-6-7-8-9-10-11-19-13-21-16-12-20-15(5-2)17(16)22-14(3)18/h15-17H,4-13H2,1-3H3/t15-,16?,17+/m1/s1. The van der Waals surface area contributed by atoms with E-state index in [0.29, 0.717) is 6.61 Å². The van der Waals surface area contributed by atoms with Crippen LogP contribution in [0, 0.1) is 0 Å². The molecule has 1 aliphatic rings. The maximum absolute atomic E-state index is 11.2. The van der Waals surface area contributed by atoms with Crippen molar-refractivity contribution in [2.75, 3.05) is 20.0 Å². The van der Waals surface area contributed by atoms with Crippen LogP contribution in [-0.2, 0) is 23.7 Å². The Bertz CT molecular complexity index is 295. The molecule has 0 saturated carbocycles. The number of rotatable bonds is 12. The molecule has 0 aromatic rings. The molecule has 1 fully saturated rings. The molecular weight excluding hydrogens is 284 g/mol. The molecule has 0 radical (unpaired) electrons. The fourth-order valence-electron chi connectivity index (χ4n) is 2.66. The van der Waals surface area contributed by atoms with Gasteiger partial charge in [-0.1, -0.05) is 46.0 Å². The van der Waals surface area contributed by atoms with Crippen LogP contribution in [0.2, 0.25) is 0 Å². The lowest BCUT2D eigenvalue weighted by molar-refractivity contribution is -0.161. The normalized spacial score (nSPS) is 24.6. The Morgan fingerprint density at radius 3 is 2.55 bits per heavy atom. The number of carbonyl (C=O) groups is 1. The Labute approximate surface area is 134 Å². The first-order chi connectivity index (χ1) is 10.7. The molecule has 0 N–H and O–H groups in total. The first kappa shape index (κ1) is 19.4. The minimum absolute atomic E-state index is 0.0764. The van der Waals surface area contributed by atoms with Gasteiger partial charge >= 0.3 is 5.97 Å². The van der Waals surface area contributed by atoms with Gasteiger partial charge in [-0.25, -0.2) is 0 Å². The minimum Gasteiger partial charge on any atom is -0.457 e. The Balaban J connectivity index is 2.09. The average molecular weight is 316 g/mol. The molecule has 1 saturated heterocycles. The van der Waals surface area contributed by atoms with Crippen molar-refractivity contribution >= 4 is 5.97 Å². The summed E-state index contributed by atoms with van der Waals surface area (Å²) in [5, 5.41) is 0. The molecule has 1 unspecified atom stereocenters. The van der Waals surface area contributed by atoms with Crippen LogP contribution >= 0.6 is 0 Å². The van der Waals surface area contributed by atoms with Crippen LogP contribution in [0.4, 0.5) is 0 Å². The minimum atomic E-state index is -0.319. The number of hydrogen-bond acceptors (Lipinski definition) is 5. The molecule has 0 aliphatic carbocycles. The summed E-state index contributed by atoms with van der Waals surface area (Å²) in [6, 6.07) is 0. The monoisotopic (exact) mass is 316 g/mol. The van der Waals surface area contributed by atoms with Gasteiger partial charge in [0.15, 0.2) is 6.10 Å². The highest BCUT2D eigenvalue weighted by Crippen LogP contribution is 2.23. The van der Waals surface area contributed by atoms with E-state index in [0.717, 1.165) is 19.4 Å². The molecule has 0 bridgehead atoms. The second-order valence-electron chi connectivity index (χ2n) is 5.85. The molecule has 0 aromatic heterocycles. The fourth-order valence-corrected chi connectivity index (χ4v) is 2.66. The van der Waals surface area contributed by atoms with Gasteiger partial charge in [0, 0.05) is 13.5 Å². The third kappa shape index (κ3) is 7.56. The first-order valence-electron chi connectivity index (χ1n) is 8.67. The maximum atomic E-state index is 11.2. The van der Waals surface area contributed by atoms with Crippen LogP contribution in [0.25, 0.3) is 0 Å². The Morgan fingerprint density at radius 1 is 1.14 bits per heavy atom. The van der Waals surface area contributed by atoms with Gasteiger partial charge in [-0.15, -0.1) is 0 Å². The molecule has 5 nitrogen and oxygen atoms in total. The summed E-state index contributed by atoms with van der Waals surface area (Å²) in [5.41, 5.74) is 0. The molecule has 0 amide bonds. The largest absolute Gasteiger partial charge is 0.457 e. The number of esters is 1. The summed E-state index contributed by atoms with van der Waals surface area (Å²) < 4.78 is 22.1. The van der Waals surface area contributed by atoms with E-state index in [1.807, 2.05) is 6.92 Å². The third-order valence-corrected chi connectivity index (χ3v) is 3.92. The van der Waals surface area contributed by atoms with Crippen LogP contribution in [0.5, 0.6) is 0 Å². The Kier molecular flexibility index (Phi) is 10.5. The Hall–Kier alpha value is -0.650. The van der Waals surface area contributed by atoms with Crippen molar-refractivity contribution in [1.82, 2.24) is 0 Å². The smallest absolute Gasteiger partial charge is 0.303 e. The summed E-state index contributed by atoms with van der Waals surface area (Å²) in [5.74, 6) is -0.296. The third-order valence-electron chi connectivity index (χ3n) is 3.92. The van der Waals surface area contributed by atoms with Crippen LogP contribution in [0.1, 0.15) is 65.7 Å². The summed E-state index contributed by atoms with van der Waals surface area (Å²) in [7, 11) is 0. The molecule has 22 heavy (non-hydrogen) atoms. The number of carbonyl (C=O) groups excluding carboxylic acids is 1. The van der Waals surface area contributed by atoms with Crippen molar-refractivity contribution in [3.8, 4) is 0 Å². The lowest BCUT2D eigenvalue weighted by atomic mass is 10.1. The van der Waals surface area contributed by atoms with E-state index >= 15 is 0 Å². The van der Waals surface area contributed by atoms with Gasteiger partial charge in [0.05, 0.1) is 12.7 Å². The van der Waals surface area contributed by atoms with E-state index in [1.54, 1.807) is 0 Å². The predicted molar refractivity (Wildman–Crippen MR) is 84.7 cm³/mol. The fraction of sp³-hybridized carbons (Fsp3) is 0.941. The molecule has 0 spiro atoms. The number of hydrogen-bond donors (Lipinski definition) is 0. The van der Waals surface area contributed by atoms with Crippen LogP contribution in [0.15, 0.2) is 0 Å². The van der Waals surface area contributed by atoms with E-state index < -0.39 is 0 Å². The van der Waals surface area contributed by atoms with Crippen LogP contribution in [-0.4, -0.2) is 44.3 Å². The SMILES string of the molecule is CCCCCCCCOCOC1CO[C@H](CC)[C@@H]1OC(C)=O. The van der Waals surface area contributed by atoms with E-state index in [2.05, 4.69) is 6.92 Å². The summed E-state index contributed by atoms with van der Waals surface area (Å²) >= 11 is 0. The van der Waals surface area contributed by atoms with Gasteiger partial charge in [0.1, 0.15) is 12.9 Å². The topological polar surface area (TPSA) is 54.0 Å².